The van der Waals surface area contributed by atoms with Crippen LogP contribution in [-0.4, -0.2) is 15.9 Å². The maximum atomic E-state index is 12.3. The molecule has 126 valence electrons. The standard InChI is InChI=1S/C19H17ClN4O/c1-12-11-13(2)22-19(21-12)24-15-9-7-14(8-10-15)23-18(25)16-5-3-4-6-17(16)20/h3-11H,1-2H3,(H,23,25)(H,21,22,24). The molecule has 0 aliphatic carbocycles. The summed E-state index contributed by atoms with van der Waals surface area (Å²) < 4.78 is 0. The van der Waals surface area contributed by atoms with Crippen molar-refractivity contribution >= 4 is 34.8 Å². The second kappa shape index (κ2) is 7.32. The molecule has 1 amide bonds. The Bertz CT molecular complexity index is 889. The number of amides is 1. The molecule has 25 heavy (non-hydrogen) atoms. The van der Waals surface area contributed by atoms with Gasteiger partial charge in [-0.3, -0.25) is 4.79 Å². The molecule has 2 N–H and O–H groups in total. The normalized spacial score (nSPS) is 10.4. The summed E-state index contributed by atoms with van der Waals surface area (Å²) in [7, 11) is 0. The molecule has 1 heterocycles. The highest BCUT2D eigenvalue weighted by atomic mass is 35.5. The van der Waals surface area contributed by atoms with Crippen molar-refractivity contribution in [3.8, 4) is 0 Å². The minimum Gasteiger partial charge on any atom is -0.324 e. The highest BCUT2D eigenvalue weighted by molar-refractivity contribution is 6.34. The van der Waals surface area contributed by atoms with Gasteiger partial charge in [-0.15, -0.1) is 0 Å². The Hall–Kier alpha value is -2.92. The van der Waals surface area contributed by atoms with Crippen molar-refractivity contribution in [2.45, 2.75) is 13.8 Å². The molecule has 3 rings (SSSR count). The molecule has 3 aromatic rings. The van der Waals surface area contributed by atoms with Crippen molar-refractivity contribution in [3.63, 3.8) is 0 Å². The SMILES string of the molecule is Cc1cc(C)nc(Nc2ccc(NC(=O)c3ccccc3Cl)cc2)n1. The Morgan fingerprint density at radius 2 is 1.52 bits per heavy atom. The fourth-order valence-corrected chi connectivity index (χ4v) is 2.61. The summed E-state index contributed by atoms with van der Waals surface area (Å²) in [5, 5.41) is 6.40. The third-order valence-electron chi connectivity index (χ3n) is 3.50. The van der Waals surface area contributed by atoms with E-state index in [0.29, 0.717) is 22.2 Å². The van der Waals surface area contributed by atoms with E-state index in [4.69, 9.17) is 11.6 Å². The van der Waals surface area contributed by atoms with E-state index in [1.165, 1.54) is 0 Å². The van der Waals surface area contributed by atoms with Crippen LogP contribution in [0.1, 0.15) is 21.7 Å². The summed E-state index contributed by atoms with van der Waals surface area (Å²) in [5.41, 5.74) is 3.75. The molecular formula is C19H17ClN4O. The summed E-state index contributed by atoms with van der Waals surface area (Å²) >= 11 is 6.04. The van der Waals surface area contributed by atoms with Gasteiger partial charge in [0, 0.05) is 22.8 Å². The average molecular weight is 353 g/mol. The van der Waals surface area contributed by atoms with Gasteiger partial charge in [-0.2, -0.15) is 0 Å². The van der Waals surface area contributed by atoms with Crippen LogP contribution in [-0.2, 0) is 0 Å². The van der Waals surface area contributed by atoms with Crippen LogP contribution in [0.4, 0.5) is 17.3 Å². The lowest BCUT2D eigenvalue weighted by molar-refractivity contribution is 0.102. The first-order valence-electron chi connectivity index (χ1n) is 7.76. The number of anilines is 3. The van der Waals surface area contributed by atoms with Gasteiger partial charge in [-0.05, 0) is 56.3 Å². The van der Waals surface area contributed by atoms with E-state index in [2.05, 4.69) is 20.6 Å². The first-order chi connectivity index (χ1) is 12.0. The second-order valence-corrected chi connectivity index (χ2v) is 6.02. The summed E-state index contributed by atoms with van der Waals surface area (Å²) in [6.45, 7) is 3.85. The van der Waals surface area contributed by atoms with Gasteiger partial charge >= 0.3 is 0 Å². The van der Waals surface area contributed by atoms with Crippen LogP contribution in [0.2, 0.25) is 5.02 Å². The van der Waals surface area contributed by atoms with E-state index < -0.39 is 0 Å². The van der Waals surface area contributed by atoms with Gasteiger partial charge in [0.25, 0.3) is 5.91 Å². The zero-order valence-corrected chi connectivity index (χ0v) is 14.6. The predicted molar refractivity (Wildman–Crippen MR) is 101 cm³/mol. The van der Waals surface area contributed by atoms with Crippen molar-refractivity contribution in [1.82, 2.24) is 9.97 Å². The summed E-state index contributed by atoms with van der Waals surface area (Å²) in [6.07, 6.45) is 0. The molecule has 5 nitrogen and oxygen atoms in total. The van der Waals surface area contributed by atoms with Gasteiger partial charge in [0.2, 0.25) is 5.95 Å². The van der Waals surface area contributed by atoms with E-state index in [1.807, 2.05) is 32.0 Å². The minimum atomic E-state index is -0.246. The van der Waals surface area contributed by atoms with E-state index in [1.54, 1.807) is 36.4 Å². The Morgan fingerprint density at radius 1 is 0.920 bits per heavy atom. The smallest absolute Gasteiger partial charge is 0.257 e. The molecule has 0 aliphatic rings. The largest absolute Gasteiger partial charge is 0.324 e. The van der Waals surface area contributed by atoms with Crippen LogP contribution in [0, 0.1) is 13.8 Å². The molecule has 0 bridgehead atoms. The molecule has 0 unspecified atom stereocenters. The van der Waals surface area contributed by atoms with Crippen molar-refractivity contribution in [2.75, 3.05) is 10.6 Å². The van der Waals surface area contributed by atoms with Gasteiger partial charge in [0.15, 0.2) is 0 Å². The number of rotatable bonds is 4. The highest BCUT2D eigenvalue weighted by Gasteiger charge is 2.09. The molecule has 1 aromatic heterocycles. The fourth-order valence-electron chi connectivity index (χ4n) is 2.39. The first-order valence-corrected chi connectivity index (χ1v) is 8.14. The van der Waals surface area contributed by atoms with E-state index in [9.17, 15) is 4.79 Å². The molecule has 0 fully saturated rings. The third kappa shape index (κ3) is 4.33. The average Bonchev–Trinajstić information content (AvgIpc) is 2.56. The first kappa shape index (κ1) is 16.9. The number of nitrogens with one attached hydrogen (secondary N) is 2. The molecule has 6 heteroatoms. The molecule has 0 spiro atoms. The number of aryl methyl sites for hydroxylation is 2. The van der Waals surface area contributed by atoms with Gasteiger partial charge in [0.1, 0.15) is 0 Å². The number of carbonyl (C=O) groups is 1. The van der Waals surface area contributed by atoms with E-state index >= 15 is 0 Å². The second-order valence-electron chi connectivity index (χ2n) is 5.61. The van der Waals surface area contributed by atoms with Crippen LogP contribution in [0.25, 0.3) is 0 Å². The van der Waals surface area contributed by atoms with Crippen LogP contribution in [0.5, 0.6) is 0 Å². The zero-order valence-electron chi connectivity index (χ0n) is 13.9. The molecular weight excluding hydrogens is 336 g/mol. The Morgan fingerprint density at radius 3 is 2.16 bits per heavy atom. The van der Waals surface area contributed by atoms with E-state index in [-0.39, 0.29) is 5.91 Å². The summed E-state index contributed by atoms with van der Waals surface area (Å²) in [6, 6.07) is 16.2. The number of hydrogen-bond donors (Lipinski definition) is 2. The quantitative estimate of drug-likeness (QED) is 0.711. The topological polar surface area (TPSA) is 66.9 Å². The third-order valence-corrected chi connectivity index (χ3v) is 3.83. The Labute approximate surface area is 151 Å². The molecule has 2 aromatic carbocycles. The number of benzene rings is 2. The number of hydrogen-bond acceptors (Lipinski definition) is 4. The van der Waals surface area contributed by atoms with Crippen LogP contribution >= 0.6 is 11.6 Å². The lowest BCUT2D eigenvalue weighted by atomic mass is 10.2. The van der Waals surface area contributed by atoms with Crippen molar-refractivity contribution in [3.05, 3.63) is 76.6 Å². The van der Waals surface area contributed by atoms with Crippen molar-refractivity contribution in [2.24, 2.45) is 0 Å². The molecule has 0 saturated carbocycles. The number of halogens is 1. The van der Waals surface area contributed by atoms with Gasteiger partial charge in [0.05, 0.1) is 10.6 Å². The monoisotopic (exact) mass is 352 g/mol. The maximum absolute atomic E-state index is 12.3. The number of nitrogens with zero attached hydrogens (tertiary/aromatic N) is 2. The molecule has 0 radical (unpaired) electrons. The zero-order chi connectivity index (χ0) is 17.8. The summed E-state index contributed by atoms with van der Waals surface area (Å²) in [4.78, 5) is 20.9. The minimum absolute atomic E-state index is 0.246. The lowest BCUT2D eigenvalue weighted by Crippen LogP contribution is -2.12. The summed E-state index contributed by atoms with van der Waals surface area (Å²) in [5.74, 6) is 0.300. The lowest BCUT2D eigenvalue weighted by Gasteiger charge is -2.09. The Balaban J connectivity index is 1.70. The molecule has 0 saturated heterocycles. The molecule has 0 atom stereocenters. The maximum Gasteiger partial charge on any atom is 0.257 e. The van der Waals surface area contributed by atoms with Crippen LogP contribution in [0.3, 0.4) is 0 Å². The van der Waals surface area contributed by atoms with Gasteiger partial charge < -0.3 is 10.6 Å². The number of carbonyl (C=O) groups excluding carboxylic acids is 1. The van der Waals surface area contributed by atoms with Crippen molar-refractivity contribution in [1.29, 1.82) is 0 Å². The van der Waals surface area contributed by atoms with Gasteiger partial charge in [-0.1, -0.05) is 23.7 Å². The van der Waals surface area contributed by atoms with E-state index in [0.717, 1.165) is 17.1 Å². The van der Waals surface area contributed by atoms with Crippen LogP contribution in [0.15, 0.2) is 54.6 Å². The predicted octanol–water partition coefficient (Wildman–Crippen LogP) is 4.74. The van der Waals surface area contributed by atoms with Crippen molar-refractivity contribution < 1.29 is 4.79 Å². The fraction of sp³-hybridized carbons (Fsp3) is 0.105. The van der Waals surface area contributed by atoms with Gasteiger partial charge in [-0.25, -0.2) is 9.97 Å². The molecule has 0 aliphatic heterocycles. The van der Waals surface area contributed by atoms with Crippen LogP contribution < -0.4 is 10.6 Å². The Kier molecular flexibility index (Phi) is 4.95. The highest BCUT2D eigenvalue weighted by Crippen LogP contribution is 2.20. The number of aromatic nitrogens is 2.